The molecule has 4 nitrogen and oxygen atoms in total. The molecule has 10 heteroatoms. The lowest BCUT2D eigenvalue weighted by Crippen LogP contribution is -2.34. The Labute approximate surface area is 136 Å². The molecule has 0 aromatic carbocycles. The highest BCUT2D eigenvalue weighted by atomic mass is 19.4. The van der Waals surface area contributed by atoms with E-state index in [2.05, 4.69) is 4.98 Å². The van der Waals surface area contributed by atoms with Gasteiger partial charge in [-0.2, -0.15) is 13.2 Å². The first-order valence-electron chi connectivity index (χ1n) is 7.17. The van der Waals surface area contributed by atoms with Gasteiger partial charge in [0.15, 0.2) is 0 Å². The summed E-state index contributed by atoms with van der Waals surface area (Å²) in [4.78, 5) is 16.0. The standard InChI is InChI=1S/C14H14BF5N2O2/c1-7-8(12(23)24)11(21-10(9(7)15)14(18,19)20)22-5-2-3-13(16,17)4-6-22/h2-6H2,1H3,(H,23,24). The Bertz CT molecular complexity index is 664. The molecule has 0 aliphatic carbocycles. The van der Waals surface area contributed by atoms with Crippen LogP contribution in [-0.4, -0.2) is 42.9 Å². The van der Waals surface area contributed by atoms with Crippen LogP contribution >= 0.6 is 0 Å². The maximum absolute atomic E-state index is 13.5. The van der Waals surface area contributed by atoms with Gasteiger partial charge in [0.25, 0.3) is 0 Å². The fourth-order valence-electron chi connectivity index (χ4n) is 2.68. The van der Waals surface area contributed by atoms with Gasteiger partial charge in [-0.05, 0) is 18.9 Å². The van der Waals surface area contributed by atoms with Gasteiger partial charge in [0.05, 0.1) is 0 Å². The first kappa shape index (κ1) is 18.5. The number of carbonyl (C=O) groups is 1. The van der Waals surface area contributed by atoms with Gasteiger partial charge in [-0.3, -0.25) is 0 Å². The average molecular weight is 348 g/mol. The van der Waals surface area contributed by atoms with Crippen LogP contribution in [0.15, 0.2) is 0 Å². The van der Waals surface area contributed by atoms with E-state index in [1.165, 1.54) is 0 Å². The van der Waals surface area contributed by atoms with E-state index >= 15 is 0 Å². The molecule has 2 heterocycles. The highest BCUT2D eigenvalue weighted by Crippen LogP contribution is 2.34. The number of hydrogen-bond acceptors (Lipinski definition) is 3. The van der Waals surface area contributed by atoms with Gasteiger partial charge in [-0.25, -0.2) is 18.6 Å². The normalized spacial score (nSPS) is 18.3. The topological polar surface area (TPSA) is 53.4 Å². The Kier molecular flexibility index (Phi) is 4.78. The number of aromatic nitrogens is 1. The molecule has 0 bridgehead atoms. The Morgan fingerprint density at radius 3 is 2.46 bits per heavy atom. The summed E-state index contributed by atoms with van der Waals surface area (Å²) in [6.45, 7) is 0.843. The Morgan fingerprint density at radius 2 is 1.92 bits per heavy atom. The van der Waals surface area contributed by atoms with E-state index in [1.54, 1.807) is 0 Å². The number of rotatable bonds is 2. The van der Waals surface area contributed by atoms with Crippen LogP contribution in [0.2, 0.25) is 0 Å². The molecule has 0 amide bonds. The van der Waals surface area contributed by atoms with Gasteiger partial charge >= 0.3 is 12.1 Å². The van der Waals surface area contributed by atoms with Crippen molar-refractivity contribution in [3.8, 4) is 0 Å². The van der Waals surface area contributed by atoms with E-state index in [0.29, 0.717) is 0 Å². The molecule has 2 radical (unpaired) electrons. The highest BCUT2D eigenvalue weighted by Gasteiger charge is 2.39. The van der Waals surface area contributed by atoms with Crippen LogP contribution in [0.25, 0.3) is 0 Å². The van der Waals surface area contributed by atoms with Crippen molar-refractivity contribution >= 4 is 25.1 Å². The van der Waals surface area contributed by atoms with E-state index in [4.69, 9.17) is 7.85 Å². The Balaban J connectivity index is 2.59. The van der Waals surface area contributed by atoms with Crippen molar-refractivity contribution in [3.05, 3.63) is 16.8 Å². The van der Waals surface area contributed by atoms with E-state index in [1.807, 2.05) is 0 Å². The first-order valence-corrected chi connectivity index (χ1v) is 7.17. The molecule has 0 atom stereocenters. The molecule has 1 aromatic rings. The third-order valence-electron chi connectivity index (χ3n) is 3.98. The first-order chi connectivity index (χ1) is 10.9. The predicted molar refractivity (Wildman–Crippen MR) is 77.3 cm³/mol. The summed E-state index contributed by atoms with van der Waals surface area (Å²) in [5, 5.41) is 9.32. The third kappa shape index (κ3) is 3.62. The van der Waals surface area contributed by atoms with Crippen LogP contribution < -0.4 is 10.4 Å². The largest absolute Gasteiger partial charge is 0.478 e. The Morgan fingerprint density at radius 1 is 1.29 bits per heavy atom. The van der Waals surface area contributed by atoms with Gasteiger partial charge in [-0.15, -0.1) is 0 Å². The van der Waals surface area contributed by atoms with Gasteiger partial charge < -0.3 is 10.0 Å². The summed E-state index contributed by atoms with van der Waals surface area (Å²) in [6.07, 6.45) is -5.86. The van der Waals surface area contributed by atoms with E-state index in [-0.39, 0.29) is 25.1 Å². The third-order valence-corrected chi connectivity index (χ3v) is 3.98. The van der Waals surface area contributed by atoms with E-state index < -0.39 is 53.4 Å². The molecule has 24 heavy (non-hydrogen) atoms. The highest BCUT2D eigenvalue weighted by molar-refractivity contribution is 6.35. The number of alkyl halides is 5. The number of carboxylic acid groups (broad SMARTS) is 1. The molecule has 0 saturated carbocycles. The zero-order valence-corrected chi connectivity index (χ0v) is 12.8. The second-order valence-electron chi connectivity index (χ2n) is 5.70. The maximum Gasteiger partial charge on any atom is 0.432 e. The van der Waals surface area contributed by atoms with Gasteiger partial charge in [0, 0.05) is 25.9 Å². The Hall–Kier alpha value is -1.87. The molecular formula is C14H14BF5N2O2. The number of carboxylic acids is 1. The van der Waals surface area contributed by atoms with Crippen molar-refractivity contribution in [3.63, 3.8) is 0 Å². The van der Waals surface area contributed by atoms with Crippen molar-refractivity contribution in [1.29, 1.82) is 0 Å². The summed E-state index contributed by atoms with van der Waals surface area (Å²) in [5.41, 5.74) is -2.96. The van der Waals surface area contributed by atoms with Crippen molar-refractivity contribution in [1.82, 2.24) is 4.98 Å². The minimum absolute atomic E-state index is 0.0104. The number of aromatic carboxylic acids is 1. The molecule has 130 valence electrons. The van der Waals surface area contributed by atoms with Crippen LogP contribution in [0.5, 0.6) is 0 Å². The van der Waals surface area contributed by atoms with Crippen LogP contribution in [0.1, 0.15) is 40.9 Å². The van der Waals surface area contributed by atoms with Crippen LogP contribution in [-0.2, 0) is 6.18 Å². The smallest absolute Gasteiger partial charge is 0.432 e. The van der Waals surface area contributed by atoms with Gasteiger partial charge in [-0.1, -0.05) is 5.46 Å². The second kappa shape index (κ2) is 6.21. The summed E-state index contributed by atoms with van der Waals surface area (Å²) in [6, 6.07) is 0. The predicted octanol–water partition coefficient (Wildman–Crippen LogP) is 2.53. The van der Waals surface area contributed by atoms with Crippen molar-refractivity contribution in [2.45, 2.75) is 38.3 Å². The molecule has 0 spiro atoms. The van der Waals surface area contributed by atoms with Crippen LogP contribution in [0, 0.1) is 6.92 Å². The lowest BCUT2D eigenvalue weighted by atomic mass is 9.86. The lowest BCUT2D eigenvalue weighted by Gasteiger charge is -2.26. The van der Waals surface area contributed by atoms with E-state index in [9.17, 15) is 31.9 Å². The number of halogens is 5. The van der Waals surface area contributed by atoms with Crippen LogP contribution in [0.4, 0.5) is 27.8 Å². The SMILES string of the molecule is [B]c1c(C(F)(F)F)nc(N2CCCC(F)(F)CC2)c(C(=O)O)c1C. The van der Waals surface area contributed by atoms with Crippen molar-refractivity contribution in [2.75, 3.05) is 18.0 Å². The fourth-order valence-corrected chi connectivity index (χ4v) is 2.68. The molecule has 1 fully saturated rings. The molecule has 1 aliphatic heterocycles. The summed E-state index contributed by atoms with van der Waals surface area (Å²) >= 11 is 0. The molecule has 1 saturated heterocycles. The van der Waals surface area contributed by atoms with E-state index in [0.717, 1.165) is 11.8 Å². The summed E-state index contributed by atoms with van der Waals surface area (Å²) in [5.74, 6) is -4.92. The minimum Gasteiger partial charge on any atom is -0.478 e. The fraction of sp³-hybridized carbons (Fsp3) is 0.571. The molecule has 0 unspecified atom stereocenters. The van der Waals surface area contributed by atoms with Crippen molar-refractivity contribution < 1.29 is 31.9 Å². The monoisotopic (exact) mass is 348 g/mol. The van der Waals surface area contributed by atoms with Gasteiger partial charge in [0.1, 0.15) is 24.9 Å². The lowest BCUT2D eigenvalue weighted by molar-refractivity contribution is -0.140. The zero-order chi connectivity index (χ0) is 18.3. The number of anilines is 1. The number of hydrogen-bond donors (Lipinski definition) is 1. The molecule has 1 N–H and O–H groups in total. The zero-order valence-electron chi connectivity index (χ0n) is 12.8. The van der Waals surface area contributed by atoms with Crippen LogP contribution in [0.3, 0.4) is 0 Å². The molecular weight excluding hydrogens is 334 g/mol. The summed E-state index contributed by atoms with van der Waals surface area (Å²) in [7, 11) is 5.40. The van der Waals surface area contributed by atoms with Gasteiger partial charge in [0.2, 0.25) is 5.92 Å². The molecule has 1 aromatic heterocycles. The maximum atomic E-state index is 13.5. The average Bonchev–Trinajstić information content (AvgIpc) is 2.60. The quantitative estimate of drug-likeness (QED) is 0.659. The van der Waals surface area contributed by atoms with Crippen molar-refractivity contribution in [2.24, 2.45) is 0 Å². The second-order valence-corrected chi connectivity index (χ2v) is 5.70. The molecule has 1 aliphatic rings. The number of nitrogens with zero attached hydrogens (tertiary/aromatic N) is 2. The molecule has 2 rings (SSSR count). The number of pyridine rings is 1. The summed E-state index contributed by atoms with van der Waals surface area (Å²) < 4.78 is 66.2. The minimum atomic E-state index is -4.88.